The van der Waals surface area contributed by atoms with Crippen LogP contribution in [0, 0.1) is 0 Å². The molecule has 0 amide bonds. The normalized spacial score (nSPS) is 52.6. The smallest absolute Gasteiger partial charge is 0.111 e. The molecule has 1 saturated carbocycles. The van der Waals surface area contributed by atoms with Gasteiger partial charge >= 0.3 is 0 Å². The van der Waals surface area contributed by atoms with Crippen molar-refractivity contribution in [3.8, 4) is 0 Å². The summed E-state index contributed by atoms with van der Waals surface area (Å²) in [5.41, 5.74) is 0. The molecule has 3 unspecified atom stereocenters. The van der Waals surface area contributed by atoms with Crippen LogP contribution in [0.1, 0.15) is 6.42 Å². The fourth-order valence-electron chi connectivity index (χ4n) is 1.18. The Labute approximate surface area is 63.5 Å². The summed E-state index contributed by atoms with van der Waals surface area (Å²) in [6.07, 6.45) is -6.64. The minimum atomic E-state index is -1.46. The molecule has 0 aliphatic heterocycles. The van der Waals surface area contributed by atoms with Gasteiger partial charge in [0.05, 0.1) is 12.2 Å². The highest BCUT2D eigenvalue weighted by atomic mass is 16.4. The number of aliphatic hydroxyl groups excluding tert-OH is 5. The Bertz CT molecular complexity index is 125. The van der Waals surface area contributed by atoms with Crippen LogP contribution in [0.4, 0.5) is 0 Å². The van der Waals surface area contributed by atoms with Gasteiger partial charge < -0.3 is 25.5 Å². The molecule has 0 aromatic rings. The van der Waals surface area contributed by atoms with E-state index in [4.69, 9.17) is 25.5 Å². The SMILES string of the molecule is OC1C[C@@H](O)[C@H](O)C(O)C1O. The lowest BCUT2D eigenvalue weighted by Gasteiger charge is -2.35. The molecule has 5 N–H and O–H groups in total. The van der Waals surface area contributed by atoms with Crippen LogP contribution in [0.3, 0.4) is 0 Å². The molecule has 0 saturated heterocycles. The number of aliphatic hydroxyl groups is 5. The van der Waals surface area contributed by atoms with E-state index in [9.17, 15) is 0 Å². The van der Waals surface area contributed by atoms with E-state index >= 15 is 0 Å². The van der Waals surface area contributed by atoms with E-state index in [-0.39, 0.29) is 6.42 Å². The molecule has 11 heavy (non-hydrogen) atoms. The molecule has 66 valence electrons. The van der Waals surface area contributed by atoms with Crippen molar-refractivity contribution in [1.29, 1.82) is 0 Å². The van der Waals surface area contributed by atoms with Gasteiger partial charge in [0, 0.05) is 6.42 Å². The van der Waals surface area contributed by atoms with Gasteiger partial charge in [0.15, 0.2) is 0 Å². The molecule has 5 atom stereocenters. The van der Waals surface area contributed by atoms with Crippen molar-refractivity contribution in [2.45, 2.75) is 36.9 Å². The van der Waals surface area contributed by atoms with Gasteiger partial charge in [0.1, 0.15) is 18.3 Å². The molecule has 0 aromatic heterocycles. The molecule has 0 spiro atoms. The second-order valence-electron chi connectivity index (χ2n) is 2.84. The predicted octanol–water partition coefficient (Wildman–Crippen LogP) is -2.81. The number of rotatable bonds is 0. The second-order valence-corrected chi connectivity index (χ2v) is 2.84. The maximum Gasteiger partial charge on any atom is 0.111 e. The highest BCUT2D eigenvalue weighted by Gasteiger charge is 2.40. The van der Waals surface area contributed by atoms with Gasteiger partial charge in [0.2, 0.25) is 0 Å². The summed E-state index contributed by atoms with van der Waals surface area (Å²) in [5.74, 6) is 0. The second kappa shape index (κ2) is 3.04. The topological polar surface area (TPSA) is 101 Å². The third kappa shape index (κ3) is 1.52. The van der Waals surface area contributed by atoms with E-state index in [1.807, 2.05) is 0 Å². The van der Waals surface area contributed by atoms with Crippen LogP contribution in [0.2, 0.25) is 0 Å². The van der Waals surface area contributed by atoms with E-state index in [1.54, 1.807) is 0 Å². The molecule has 1 aliphatic carbocycles. The van der Waals surface area contributed by atoms with Gasteiger partial charge in [0.25, 0.3) is 0 Å². The lowest BCUT2D eigenvalue weighted by atomic mass is 9.87. The van der Waals surface area contributed by atoms with Gasteiger partial charge in [-0.1, -0.05) is 0 Å². The van der Waals surface area contributed by atoms with E-state index in [1.165, 1.54) is 0 Å². The maximum atomic E-state index is 8.97. The lowest BCUT2D eigenvalue weighted by molar-refractivity contribution is -0.176. The van der Waals surface area contributed by atoms with E-state index in [0.29, 0.717) is 0 Å². The van der Waals surface area contributed by atoms with Crippen LogP contribution in [-0.4, -0.2) is 56.1 Å². The van der Waals surface area contributed by atoms with Crippen molar-refractivity contribution < 1.29 is 25.5 Å². The Balaban J connectivity index is 2.63. The molecule has 1 fully saturated rings. The maximum absolute atomic E-state index is 8.97. The Kier molecular flexibility index (Phi) is 2.46. The lowest BCUT2D eigenvalue weighted by Crippen LogP contribution is -2.55. The fraction of sp³-hybridized carbons (Fsp3) is 1.00. The first-order valence-corrected chi connectivity index (χ1v) is 3.44. The summed E-state index contributed by atoms with van der Waals surface area (Å²) in [5, 5.41) is 44.8. The monoisotopic (exact) mass is 164 g/mol. The van der Waals surface area contributed by atoms with Gasteiger partial charge in [-0.3, -0.25) is 0 Å². The van der Waals surface area contributed by atoms with Crippen LogP contribution in [0.25, 0.3) is 0 Å². The van der Waals surface area contributed by atoms with E-state index in [0.717, 1.165) is 0 Å². The molecule has 5 heteroatoms. The summed E-state index contributed by atoms with van der Waals surface area (Å²) < 4.78 is 0. The van der Waals surface area contributed by atoms with Crippen molar-refractivity contribution in [3.63, 3.8) is 0 Å². The summed E-state index contributed by atoms with van der Waals surface area (Å²) in [7, 11) is 0. The fourth-order valence-corrected chi connectivity index (χ4v) is 1.18. The summed E-state index contributed by atoms with van der Waals surface area (Å²) >= 11 is 0. The van der Waals surface area contributed by atoms with Gasteiger partial charge in [-0.25, -0.2) is 0 Å². The largest absolute Gasteiger partial charge is 0.390 e. The van der Waals surface area contributed by atoms with Gasteiger partial charge in [-0.15, -0.1) is 0 Å². The van der Waals surface area contributed by atoms with E-state index in [2.05, 4.69) is 0 Å². The zero-order valence-corrected chi connectivity index (χ0v) is 5.83. The van der Waals surface area contributed by atoms with E-state index < -0.39 is 30.5 Å². The van der Waals surface area contributed by atoms with Crippen molar-refractivity contribution in [3.05, 3.63) is 0 Å². The standard InChI is InChI=1S/C6H12O5/c7-2-1-3(8)5(10)6(11)4(2)9/h2-11H,1H2/t2-,3?,4+,5?,6?/m1/s1. The number of hydrogen-bond acceptors (Lipinski definition) is 5. The highest BCUT2D eigenvalue weighted by molar-refractivity contribution is 4.92. The average molecular weight is 164 g/mol. The average Bonchev–Trinajstić information content (AvgIpc) is 1.97. The van der Waals surface area contributed by atoms with Crippen molar-refractivity contribution in [2.75, 3.05) is 0 Å². The van der Waals surface area contributed by atoms with Crippen LogP contribution < -0.4 is 0 Å². The third-order valence-corrected chi connectivity index (χ3v) is 1.97. The van der Waals surface area contributed by atoms with Crippen LogP contribution in [-0.2, 0) is 0 Å². The highest BCUT2D eigenvalue weighted by Crippen LogP contribution is 2.20. The molecule has 0 heterocycles. The molecule has 0 aromatic carbocycles. The first kappa shape index (κ1) is 8.89. The first-order valence-electron chi connectivity index (χ1n) is 3.44. The Hall–Kier alpha value is -0.200. The van der Waals surface area contributed by atoms with Gasteiger partial charge in [-0.2, -0.15) is 0 Å². The van der Waals surface area contributed by atoms with Crippen LogP contribution in [0.15, 0.2) is 0 Å². The Morgan fingerprint density at radius 2 is 1.00 bits per heavy atom. The molecular weight excluding hydrogens is 152 g/mol. The summed E-state index contributed by atoms with van der Waals surface area (Å²) in [6.45, 7) is 0. The molecule has 1 aliphatic rings. The van der Waals surface area contributed by atoms with Crippen LogP contribution in [0.5, 0.6) is 0 Å². The zero-order valence-electron chi connectivity index (χ0n) is 5.83. The summed E-state index contributed by atoms with van der Waals surface area (Å²) in [6, 6.07) is 0. The number of hydrogen-bond donors (Lipinski definition) is 5. The Morgan fingerprint density at radius 1 is 0.636 bits per heavy atom. The zero-order chi connectivity index (χ0) is 8.59. The predicted molar refractivity (Wildman–Crippen MR) is 34.7 cm³/mol. The molecule has 1 rings (SSSR count). The minimum Gasteiger partial charge on any atom is -0.390 e. The van der Waals surface area contributed by atoms with Crippen LogP contribution >= 0.6 is 0 Å². The van der Waals surface area contributed by atoms with Gasteiger partial charge in [-0.05, 0) is 0 Å². The molecular formula is C6H12O5. The third-order valence-electron chi connectivity index (χ3n) is 1.97. The quantitative estimate of drug-likeness (QED) is 0.266. The Morgan fingerprint density at radius 3 is 1.36 bits per heavy atom. The molecule has 0 radical (unpaired) electrons. The van der Waals surface area contributed by atoms with Crippen molar-refractivity contribution in [1.82, 2.24) is 0 Å². The molecule has 5 nitrogen and oxygen atoms in total. The minimum absolute atomic E-state index is 0.112. The molecule has 0 bridgehead atoms. The van der Waals surface area contributed by atoms with Crippen molar-refractivity contribution in [2.24, 2.45) is 0 Å². The summed E-state index contributed by atoms with van der Waals surface area (Å²) in [4.78, 5) is 0. The first-order chi connectivity index (χ1) is 5.04. The van der Waals surface area contributed by atoms with Crippen molar-refractivity contribution >= 4 is 0 Å².